The molecule has 0 aliphatic carbocycles. The molecule has 0 saturated carbocycles. The largest absolute Gasteiger partial charge is 0.465 e. The molecule has 0 saturated heterocycles. The third-order valence-electron chi connectivity index (χ3n) is 5.77. The van der Waals surface area contributed by atoms with Crippen molar-refractivity contribution in [2.75, 3.05) is 12.4 Å². The van der Waals surface area contributed by atoms with Crippen LogP contribution in [-0.4, -0.2) is 30.5 Å². The molecule has 1 heterocycles. The molecule has 0 aliphatic rings. The first-order valence-corrected chi connectivity index (χ1v) is 11.2. The summed E-state index contributed by atoms with van der Waals surface area (Å²) >= 11 is 0. The van der Waals surface area contributed by atoms with Crippen molar-refractivity contribution in [1.82, 2.24) is 0 Å². The van der Waals surface area contributed by atoms with Crippen LogP contribution in [0, 0.1) is 5.41 Å². The molecular formula is C29H24N2O5. The van der Waals surface area contributed by atoms with Gasteiger partial charge in [0, 0.05) is 28.1 Å². The molecule has 1 aromatic heterocycles. The highest BCUT2D eigenvalue weighted by Crippen LogP contribution is 2.33. The fraction of sp³-hybridized carbons (Fsp3) is 0.103. The third-order valence-corrected chi connectivity index (χ3v) is 5.77. The van der Waals surface area contributed by atoms with Crippen molar-refractivity contribution in [2.45, 2.75) is 13.8 Å². The quantitative estimate of drug-likeness (QED) is 0.185. The summed E-state index contributed by atoms with van der Waals surface area (Å²) in [5, 5.41) is 10.6. The van der Waals surface area contributed by atoms with E-state index < -0.39 is 11.9 Å². The number of methoxy groups -OCH3 is 1. The number of Topliss-reactive ketones (excluding diaryl/α,β-unsaturated/α-hetero) is 1. The average Bonchev–Trinajstić information content (AvgIpc) is 3.43. The van der Waals surface area contributed by atoms with Crippen LogP contribution in [0.15, 0.2) is 83.5 Å². The van der Waals surface area contributed by atoms with Crippen LogP contribution in [0.3, 0.4) is 0 Å². The molecule has 0 radical (unpaired) electrons. The summed E-state index contributed by atoms with van der Waals surface area (Å²) in [4.78, 5) is 38.1. The number of amides is 1. The van der Waals surface area contributed by atoms with Crippen LogP contribution < -0.4 is 5.32 Å². The Bertz CT molecular complexity index is 1470. The van der Waals surface area contributed by atoms with E-state index in [9.17, 15) is 14.4 Å². The molecule has 180 valence electrons. The molecule has 4 rings (SSSR count). The number of carbonyl (C=O) groups is 3. The van der Waals surface area contributed by atoms with E-state index in [1.54, 1.807) is 79.9 Å². The van der Waals surface area contributed by atoms with Crippen LogP contribution >= 0.6 is 0 Å². The smallest absolute Gasteiger partial charge is 0.338 e. The van der Waals surface area contributed by atoms with E-state index in [0.717, 1.165) is 5.56 Å². The Balaban J connectivity index is 1.84. The lowest BCUT2D eigenvalue weighted by Gasteiger charge is -2.15. The Morgan fingerprint density at radius 1 is 0.833 bits per heavy atom. The second-order valence-electron chi connectivity index (χ2n) is 8.20. The molecule has 0 unspecified atom stereocenters. The second kappa shape index (κ2) is 10.2. The first kappa shape index (κ1) is 24.3. The van der Waals surface area contributed by atoms with Crippen LogP contribution in [0.1, 0.15) is 50.5 Å². The Labute approximate surface area is 208 Å². The van der Waals surface area contributed by atoms with Crippen molar-refractivity contribution < 1.29 is 23.5 Å². The monoisotopic (exact) mass is 480 g/mol. The zero-order valence-corrected chi connectivity index (χ0v) is 20.0. The molecule has 4 aromatic rings. The molecule has 7 heteroatoms. The normalized spacial score (nSPS) is 10.5. The minimum atomic E-state index is -0.618. The van der Waals surface area contributed by atoms with Gasteiger partial charge in [-0.15, -0.1) is 0 Å². The van der Waals surface area contributed by atoms with Crippen molar-refractivity contribution in [3.63, 3.8) is 0 Å². The van der Waals surface area contributed by atoms with E-state index in [2.05, 4.69) is 5.32 Å². The standard InChI is InChI=1S/C29H24N2O5/c1-17(30)19-6-10-22(11-7-19)31-28(33)25-16-21(27-5-4-14-36-27)9-13-23(25)24-12-8-20(18(2)32)15-26(24)29(34)35-3/h4-16,30H,1-3H3,(H,31,33). The highest BCUT2D eigenvalue weighted by Gasteiger charge is 2.21. The fourth-order valence-electron chi connectivity index (χ4n) is 3.84. The van der Waals surface area contributed by atoms with Gasteiger partial charge in [-0.2, -0.15) is 0 Å². The first-order valence-electron chi connectivity index (χ1n) is 11.2. The summed E-state index contributed by atoms with van der Waals surface area (Å²) in [5.74, 6) is -0.626. The molecule has 0 bridgehead atoms. The van der Waals surface area contributed by atoms with E-state index >= 15 is 0 Å². The Morgan fingerprint density at radius 3 is 2.11 bits per heavy atom. The number of benzene rings is 3. The van der Waals surface area contributed by atoms with Crippen molar-refractivity contribution in [1.29, 1.82) is 5.41 Å². The molecule has 2 N–H and O–H groups in total. The molecular weight excluding hydrogens is 456 g/mol. The number of nitrogens with one attached hydrogen (secondary N) is 2. The lowest BCUT2D eigenvalue weighted by Crippen LogP contribution is -2.14. The van der Waals surface area contributed by atoms with Gasteiger partial charge >= 0.3 is 5.97 Å². The molecule has 7 nitrogen and oxygen atoms in total. The maximum absolute atomic E-state index is 13.5. The topological polar surface area (TPSA) is 109 Å². The van der Waals surface area contributed by atoms with E-state index in [1.165, 1.54) is 20.1 Å². The van der Waals surface area contributed by atoms with E-state index in [-0.39, 0.29) is 11.3 Å². The van der Waals surface area contributed by atoms with Crippen molar-refractivity contribution in [3.8, 4) is 22.5 Å². The number of esters is 1. The molecule has 36 heavy (non-hydrogen) atoms. The lowest BCUT2D eigenvalue weighted by atomic mass is 9.91. The first-order chi connectivity index (χ1) is 17.3. The minimum Gasteiger partial charge on any atom is -0.465 e. The lowest BCUT2D eigenvalue weighted by molar-refractivity contribution is 0.0601. The Hall–Kier alpha value is -4.78. The molecule has 0 aliphatic heterocycles. The number of hydrogen-bond acceptors (Lipinski definition) is 6. The van der Waals surface area contributed by atoms with Gasteiger partial charge in [-0.1, -0.05) is 36.4 Å². The zero-order valence-electron chi connectivity index (χ0n) is 20.0. The summed E-state index contributed by atoms with van der Waals surface area (Å²) in [7, 11) is 1.26. The number of anilines is 1. The van der Waals surface area contributed by atoms with Gasteiger partial charge < -0.3 is 19.9 Å². The minimum absolute atomic E-state index is 0.177. The molecule has 0 atom stereocenters. The molecule has 3 aromatic carbocycles. The summed E-state index contributed by atoms with van der Waals surface area (Å²) in [6, 6.07) is 20.5. The van der Waals surface area contributed by atoms with Gasteiger partial charge in [-0.3, -0.25) is 9.59 Å². The van der Waals surface area contributed by atoms with Gasteiger partial charge in [0.15, 0.2) is 5.78 Å². The number of rotatable bonds is 7. The van der Waals surface area contributed by atoms with Gasteiger partial charge in [0.05, 0.1) is 18.9 Å². The second-order valence-corrected chi connectivity index (χ2v) is 8.20. The Kier molecular flexibility index (Phi) is 6.92. The number of hydrogen-bond donors (Lipinski definition) is 2. The summed E-state index contributed by atoms with van der Waals surface area (Å²) in [5.41, 5.74) is 4.20. The van der Waals surface area contributed by atoms with Gasteiger partial charge in [-0.05, 0) is 66.9 Å². The number of ether oxygens (including phenoxy) is 1. The fourth-order valence-corrected chi connectivity index (χ4v) is 3.84. The average molecular weight is 481 g/mol. The van der Waals surface area contributed by atoms with E-state index in [1.807, 2.05) is 0 Å². The number of carbonyl (C=O) groups excluding carboxylic acids is 3. The molecule has 1 amide bonds. The van der Waals surface area contributed by atoms with Crippen LogP contribution in [0.5, 0.6) is 0 Å². The van der Waals surface area contributed by atoms with Crippen molar-refractivity contribution in [3.05, 3.63) is 101 Å². The predicted molar refractivity (Wildman–Crippen MR) is 138 cm³/mol. The zero-order chi connectivity index (χ0) is 25.8. The number of ketones is 1. The summed E-state index contributed by atoms with van der Waals surface area (Å²) in [6.07, 6.45) is 1.55. The maximum Gasteiger partial charge on any atom is 0.338 e. The van der Waals surface area contributed by atoms with E-state index in [0.29, 0.717) is 45.0 Å². The maximum atomic E-state index is 13.5. The van der Waals surface area contributed by atoms with Gasteiger partial charge in [0.1, 0.15) is 5.76 Å². The summed E-state index contributed by atoms with van der Waals surface area (Å²) in [6.45, 7) is 3.11. The molecule has 0 spiro atoms. The SMILES string of the molecule is COC(=O)c1cc(C(C)=O)ccc1-c1ccc(-c2ccco2)cc1C(=O)Nc1ccc(C(C)=N)cc1. The van der Waals surface area contributed by atoms with Gasteiger partial charge in [-0.25, -0.2) is 4.79 Å². The van der Waals surface area contributed by atoms with Gasteiger partial charge in [0.25, 0.3) is 5.91 Å². The van der Waals surface area contributed by atoms with Gasteiger partial charge in [0.2, 0.25) is 0 Å². The van der Waals surface area contributed by atoms with Crippen LogP contribution in [0.25, 0.3) is 22.5 Å². The summed E-state index contributed by atoms with van der Waals surface area (Å²) < 4.78 is 10.5. The van der Waals surface area contributed by atoms with Crippen LogP contribution in [0.4, 0.5) is 5.69 Å². The molecule has 0 fully saturated rings. The third kappa shape index (κ3) is 5.00. The van der Waals surface area contributed by atoms with Crippen LogP contribution in [0.2, 0.25) is 0 Å². The predicted octanol–water partition coefficient (Wildman–Crippen LogP) is 6.24. The van der Waals surface area contributed by atoms with Crippen LogP contribution in [-0.2, 0) is 4.74 Å². The van der Waals surface area contributed by atoms with Crippen molar-refractivity contribution >= 4 is 29.1 Å². The highest BCUT2D eigenvalue weighted by molar-refractivity contribution is 6.12. The highest BCUT2D eigenvalue weighted by atomic mass is 16.5. The van der Waals surface area contributed by atoms with E-state index in [4.69, 9.17) is 14.6 Å². The van der Waals surface area contributed by atoms with Crippen molar-refractivity contribution in [2.24, 2.45) is 0 Å². The number of furan rings is 1. The Morgan fingerprint density at radius 2 is 1.50 bits per heavy atom.